The van der Waals surface area contributed by atoms with Crippen LogP contribution in [0.5, 0.6) is 0 Å². The third-order valence-electron chi connectivity index (χ3n) is 5.60. The summed E-state index contributed by atoms with van der Waals surface area (Å²) >= 11 is 0. The molecule has 1 aromatic carbocycles. The third kappa shape index (κ3) is 4.51. The molecule has 2 bridgehead atoms. The van der Waals surface area contributed by atoms with Gasteiger partial charge in [-0.2, -0.15) is 0 Å². The van der Waals surface area contributed by atoms with Gasteiger partial charge in [0.25, 0.3) is 0 Å². The highest BCUT2D eigenvalue weighted by Gasteiger charge is 2.37. The Morgan fingerprint density at radius 2 is 1.84 bits per heavy atom. The Bertz CT molecular complexity index is 593. The van der Waals surface area contributed by atoms with E-state index in [0.29, 0.717) is 18.5 Å². The summed E-state index contributed by atoms with van der Waals surface area (Å²) in [7, 11) is 2.19. The summed E-state index contributed by atoms with van der Waals surface area (Å²) in [5.74, 6) is -0.143. The number of amides is 3. The van der Waals surface area contributed by atoms with Crippen molar-refractivity contribution in [3.8, 4) is 0 Å². The van der Waals surface area contributed by atoms with Crippen molar-refractivity contribution in [1.82, 2.24) is 15.5 Å². The number of rotatable bonds is 5. The Labute approximate surface area is 149 Å². The Balaban J connectivity index is 1.63. The summed E-state index contributed by atoms with van der Waals surface area (Å²) in [5.41, 5.74) is 6.27. The number of fused-ring (bicyclic) bond motifs is 2. The van der Waals surface area contributed by atoms with Crippen molar-refractivity contribution in [2.45, 2.75) is 62.7 Å². The van der Waals surface area contributed by atoms with Crippen molar-refractivity contribution in [1.29, 1.82) is 0 Å². The van der Waals surface area contributed by atoms with Gasteiger partial charge in [-0.05, 0) is 38.3 Å². The zero-order chi connectivity index (χ0) is 17.8. The van der Waals surface area contributed by atoms with Crippen LogP contribution in [0.2, 0.25) is 0 Å². The molecule has 2 heterocycles. The highest BCUT2D eigenvalue weighted by molar-refractivity contribution is 5.87. The van der Waals surface area contributed by atoms with Crippen molar-refractivity contribution < 1.29 is 9.59 Å². The van der Waals surface area contributed by atoms with Gasteiger partial charge in [0.15, 0.2) is 0 Å². The molecule has 2 aliphatic heterocycles. The topological polar surface area (TPSA) is 87.5 Å². The van der Waals surface area contributed by atoms with E-state index in [4.69, 9.17) is 5.73 Å². The quantitative estimate of drug-likeness (QED) is 0.754. The van der Waals surface area contributed by atoms with E-state index in [0.717, 1.165) is 18.4 Å². The highest BCUT2D eigenvalue weighted by Crippen LogP contribution is 2.32. The van der Waals surface area contributed by atoms with Crippen LogP contribution >= 0.6 is 0 Å². The first-order chi connectivity index (χ1) is 12.0. The molecule has 3 amide bonds. The number of nitrogens with one attached hydrogen (secondary N) is 2. The number of carbonyl (C=O) groups is 2. The van der Waals surface area contributed by atoms with E-state index >= 15 is 0 Å². The number of benzene rings is 1. The number of carbonyl (C=O) groups excluding carboxylic acids is 2. The Morgan fingerprint density at radius 1 is 1.20 bits per heavy atom. The predicted molar refractivity (Wildman–Crippen MR) is 97.0 cm³/mol. The van der Waals surface area contributed by atoms with Crippen molar-refractivity contribution in [2.75, 3.05) is 7.05 Å². The maximum absolute atomic E-state index is 12.8. The smallest absolute Gasteiger partial charge is 0.312 e. The minimum Gasteiger partial charge on any atom is -0.352 e. The summed E-state index contributed by atoms with van der Waals surface area (Å²) in [4.78, 5) is 26.5. The van der Waals surface area contributed by atoms with Gasteiger partial charge in [0.2, 0.25) is 5.91 Å². The summed E-state index contributed by atoms with van der Waals surface area (Å²) in [5, 5.41) is 5.75. The SMILES string of the molecule is CN1C2CCCC1CC(NC(=O)C(Cc1ccccc1)NC(N)=O)C2. The molecule has 0 spiro atoms. The molecule has 6 heteroatoms. The van der Waals surface area contributed by atoms with Gasteiger partial charge in [0.1, 0.15) is 6.04 Å². The van der Waals surface area contributed by atoms with Crippen LogP contribution in [0.1, 0.15) is 37.7 Å². The molecular weight excluding hydrogens is 316 g/mol. The molecule has 0 aliphatic carbocycles. The van der Waals surface area contributed by atoms with Gasteiger partial charge in [-0.1, -0.05) is 36.8 Å². The molecule has 4 N–H and O–H groups in total. The van der Waals surface area contributed by atoms with Crippen LogP contribution in [0.3, 0.4) is 0 Å². The predicted octanol–water partition coefficient (Wildman–Crippen LogP) is 1.40. The van der Waals surface area contributed by atoms with Gasteiger partial charge in [-0.25, -0.2) is 4.79 Å². The van der Waals surface area contributed by atoms with Crippen LogP contribution in [-0.4, -0.2) is 48.1 Å². The van der Waals surface area contributed by atoms with Crippen LogP contribution in [-0.2, 0) is 11.2 Å². The van der Waals surface area contributed by atoms with Gasteiger partial charge in [0.05, 0.1) is 0 Å². The summed E-state index contributed by atoms with van der Waals surface area (Å²) in [6, 6.07) is 9.63. The lowest BCUT2D eigenvalue weighted by atomic mass is 9.82. The summed E-state index contributed by atoms with van der Waals surface area (Å²) in [6.07, 6.45) is 6.08. The van der Waals surface area contributed by atoms with Gasteiger partial charge in [0, 0.05) is 24.5 Å². The first-order valence-electron chi connectivity index (χ1n) is 9.15. The first-order valence-corrected chi connectivity index (χ1v) is 9.15. The molecule has 1 aromatic rings. The zero-order valence-electron chi connectivity index (χ0n) is 14.8. The maximum Gasteiger partial charge on any atom is 0.312 e. The second kappa shape index (κ2) is 7.87. The van der Waals surface area contributed by atoms with Crippen molar-refractivity contribution in [2.24, 2.45) is 5.73 Å². The van der Waals surface area contributed by atoms with E-state index < -0.39 is 12.1 Å². The van der Waals surface area contributed by atoms with E-state index in [1.807, 2.05) is 30.3 Å². The molecule has 2 saturated heterocycles. The standard InChI is InChI=1S/C19H28N4O2/c1-23-15-8-5-9-16(23)12-14(11-15)21-18(24)17(22-19(20)25)10-13-6-3-2-4-7-13/h2-4,6-7,14-17H,5,8-12H2,1H3,(H,21,24)(H3,20,22,25). The molecule has 6 nitrogen and oxygen atoms in total. The highest BCUT2D eigenvalue weighted by atomic mass is 16.2. The molecule has 2 fully saturated rings. The lowest BCUT2D eigenvalue weighted by Crippen LogP contribution is -2.58. The van der Waals surface area contributed by atoms with E-state index in [2.05, 4.69) is 22.6 Å². The maximum atomic E-state index is 12.8. The summed E-state index contributed by atoms with van der Waals surface area (Å²) in [6.45, 7) is 0. The van der Waals surface area contributed by atoms with Crippen molar-refractivity contribution in [3.63, 3.8) is 0 Å². The van der Waals surface area contributed by atoms with Crippen LogP contribution in [0.4, 0.5) is 4.79 Å². The molecular formula is C19H28N4O2. The van der Waals surface area contributed by atoms with E-state index in [9.17, 15) is 9.59 Å². The van der Waals surface area contributed by atoms with E-state index in [1.165, 1.54) is 19.3 Å². The lowest BCUT2D eigenvalue weighted by molar-refractivity contribution is -0.124. The second-order valence-electron chi connectivity index (χ2n) is 7.33. The number of hydrogen-bond donors (Lipinski definition) is 3. The fourth-order valence-corrected chi connectivity index (χ4v) is 4.27. The Morgan fingerprint density at radius 3 is 2.44 bits per heavy atom. The average Bonchev–Trinajstić information content (AvgIpc) is 2.56. The first kappa shape index (κ1) is 17.7. The number of nitrogens with two attached hydrogens (primary N) is 1. The molecule has 3 rings (SSSR count). The molecule has 3 atom stereocenters. The van der Waals surface area contributed by atoms with Gasteiger partial charge >= 0.3 is 6.03 Å². The average molecular weight is 344 g/mol. The van der Waals surface area contributed by atoms with E-state index in [1.54, 1.807) is 0 Å². The number of piperidine rings is 2. The largest absolute Gasteiger partial charge is 0.352 e. The molecule has 136 valence electrons. The fourth-order valence-electron chi connectivity index (χ4n) is 4.27. The molecule has 0 saturated carbocycles. The van der Waals surface area contributed by atoms with Gasteiger partial charge in [-0.3, -0.25) is 4.79 Å². The van der Waals surface area contributed by atoms with Crippen molar-refractivity contribution in [3.05, 3.63) is 35.9 Å². The number of hydrogen-bond acceptors (Lipinski definition) is 3. The fraction of sp³-hybridized carbons (Fsp3) is 0.579. The molecule has 25 heavy (non-hydrogen) atoms. The number of urea groups is 1. The summed E-state index contributed by atoms with van der Waals surface area (Å²) < 4.78 is 0. The van der Waals surface area contributed by atoms with Crippen molar-refractivity contribution >= 4 is 11.9 Å². The third-order valence-corrected chi connectivity index (χ3v) is 5.60. The molecule has 2 aliphatic rings. The number of nitrogens with zero attached hydrogens (tertiary/aromatic N) is 1. The van der Waals surface area contributed by atoms with Crippen LogP contribution in [0.15, 0.2) is 30.3 Å². The van der Waals surface area contributed by atoms with Gasteiger partial charge in [-0.15, -0.1) is 0 Å². The van der Waals surface area contributed by atoms with Crippen LogP contribution < -0.4 is 16.4 Å². The van der Waals surface area contributed by atoms with Crippen LogP contribution in [0.25, 0.3) is 0 Å². The monoisotopic (exact) mass is 344 g/mol. The van der Waals surface area contributed by atoms with E-state index in [-0.39, 0.29) is 11.9 Å². The molecule has 0 aromatic heterocycles. The number of primary amides is 1. The minimum atomic E-state index is -0.670. The van der Waals surface area contributed by atoms with Gasteiger partial charge < -0.3 is 21.3 Å². The second-order valence-corrected chi connectivity index (χ2v) is 7.33. The minimum absolute atomic E-state index is 0.143. The normalized spacial score (nSPS) is 27.3. The lowest BCUT2D eigenvalue weighted by Gasteiger charge is -2.47. The van der Waals surface area contributed by atoms with Crippen LogP contribution in [0, 0.1) is 0 Å². The zero-order valence-corrected chi connectivity index (χ0v) is 14.8. The Hall–Kier alpha value is -2.08. The Kier molecular flexibility index (Phi) is 5.58. The molecule has 0 radical (unpaired) electrons. The molecule has 3 unspecified atom stereocenters.